The van der Waals surface area contributed by atoms with Gasteiger partial charge in [-0.05, 0) is 60.6 Å². The second-order valence-corrected chi connectivity index (χ2v) is 13.1. The van der Waals surface area contributed by atoms with E-state index in [0.717, 1.165) is 34.4 Å². The fraction of sp³-hybridized carbons (Fsp3) is 0.452. The van der Waals surface area contributed by atoms with Crippen LogP contribution >= 0.6 is 0 Å². The van der Waals surface area contributed by atoms with Crippen LogP contribution in [0, 0.1) is 18.6 Å². The molecular weight excluding hydrogens is 592 g/mol. The maximum Gasteiger partial charge on any atom is 0.342 e. The van der Waals surface area contributed by atoms with Gasteiger partial charge in [0.1, 0.15) is 17.7 Å². The number of amides is 2. The van der Waals surface area contributed by atoms with Gasteiger partial charge in [0.25, 0.3) is 0 Å². The number of benzene rings is 2. The first kappa shape index (κ1) is 34.8. The number of unbranched alkanes of at least 4 members (excludes halogenated alkanes) is 1. The first-order valence-electron chi connectivity index (χ1n) is 14.6. The van der Waals surface area contributed by atoms with E-state index in [2.05, 4.69) is 21.0 Å². The van der Waals surface area contributed by atoms with Crippen molar-refractivity contribution in [3.63, 3.8) is 0 Å². The predicted molar refractivity (Wildman–Crippen MR) is 164 cm³/mol. The number of hydrogen-bond acceptors (Lipinski definition) is 7. The number of aryl methyl sites for hydroxylation is 2. The molecule has 44 heavy (non-hydrogen) atoms. The van der Waals surface area contributed by atoms with Crippen molar-refractivity contribution in [3.05, 3.63) is 88.7 Å². The van der Waals surface area contributed by atoms with Crippen molar-refractivity contribution >= 4 is 21.8 Å². The summed E-state index contributed by atoms with van der Waals surface area (Å²) >= 11 is 0. The van der Waals surface area contributed by atoms with Crippen molar-refractivity contribution in [2.75, 3.05) is 18.1 Å². The normalized spacial score (nSPS) is 13.7. The molecule has 0 radical (unpaired) electrons. The Kier molecular flexibility index (Phi) is 13.0. The Hall–Kier alpha value is -3.68. The molecule has 3 atom stereocenters. The maximum absolute atomic E-state index is 14.0. The summed E-state index contributed by atoms with van der Waals surface area (Å²) in [6.45, 7) is 6.00. The molecule has 0 spiro atoms. The highest BCUT2D eigenvalue weighted by Gasteiger charge is 2.31. The first-order chi connectivity index (χ1) is 20.9. The van der Waals surface area contributed by atoms with Gasteiger partial charge in [0.15, 0.2) is 9.84 Å². The summed E-state index contributed by atoms with van der Waals surface area (Å²) in [7, 11) is -3.77. The molecule has 0 saturated carbocycles. The number of nitrogens with zero attached hydrogens (tertiary/aromatic N) is 2. The van der Waals surface area contributed by atoms with E-state index in [1.54, 1.807) is 6.92 Å². The molecule has 10 nitrogen and oxygen atoms in total. The number of hydrogen-bond donors (Lipinski definition) is 4. The molecule has 0 aliphatic heterocycles. The molecule has 2 aromatic carbocycles. The number of sulfone groups is 1. The Bertz CT molecular complexity index is 1490. The molecule has 13 heteroatoms. The van der Waals surface area contributed by atoms with E-state index < -0.39 is 57.4 Å². The van der Waals surface area contributed by atoms with Crippen molar-refractivity contribution in [2.24, 2.45) is 0 Å². The van der Waals surface area contributed by atoms with Crippen LogP contribution in [0.25, 0.3) is 0 Å². The van der Waals surface area contributed by atoms with Crippen molar-refractivity contribution in [2.45, 2.75) is 71.2 Å². The van der Waals surface area contributed by atoms with Gasteiger partial charge in [0, 0.05) is 25.4 Å². The minimum absolute atomic E-state index is 0.00249. The fourth-order valence-electron chi connectivity index (χ4n) is 4.64. The third-order valence-corrected chi connectivity index (χ3v) is 8.77. The Labute approximate surface area is 257 Å². The SMILES string of the molecule is CCCCS(=O)(=O)CC(NC(=O)n1cc(C)cn1)C(=O)NC(Cc1cc(F)cc(F)c1)C(O)CNCc1cccc(CC)c1. The third kappa shape index (κ3) is 11.1. The van der Waals surface area contributed by atoms with Crippen LogP contribution in [0.15, 0.2) is 54.9 Å². The van der Waals surface area contributed by atoms with Gasteiger partial charge >= 0.3 is 6.03 Å². The van der Waals surface area contributed by atoms with Crippen LogP contribution in [-0.2, 0) is 34.0 Å². The average molecular weight is 634 g/mol. The van der Waals surface area contributed by atoms with Gasteiger partial charge in [-0.25, -0.2) is 22.0 Å². The second kappa shape index (κ2) is 16.4. The van der Waals surface area contributed by atoms with E-state index in [-0.39, 0.29) is 24.3 Å². The van der Waals surface area contributed by atoms with E-state index in [0.29, 0.717) is 31.0 Å². The van der Waals surface area contributed by atoms with E-state index in [4.69, 9.17) is 0 Å². The lowest BCUT2D eigenvalue weighted by molar-refractivity contribution is -0.124. The summed E-state index contributed by atoms with van der Waals surface area (Å²) in [5.74, 6) is -3.39. The van der Waals surface area contributed by atoms with Gasteiger partial charge in [-0.15, -0.1) is 0 Å². The molecule has 240 valence electrons. The van der Waals surface area contributed by atoms with Crippen molar-refractivity contribution < 1.29 is 31.9 Å². The molecule has 0 fully saturated rings. The highest BCUT2D eigenvalue weighted by Crippen LogP contribution is 2.13. The molecule has 0 aliphatic carbocycles. The van der Waals surface area contributed by atoms with Crippen molar-refractivity contribution in [1.29, 1.82) is 0 Å². The van der Waals surface area contributed by atoms with Crippen LogP contribution in [0.2, 0.25) is 0 Å². The molecule has 1 aromatic heterocycles. The van der Waals surface area contributed by atoms with Crippen LogP contribution < -0.4 is 16.0 Å². The quantitative estimate of drug-likeness (QED) is 0.190. The highest BCUT2D eigenvalue weighted by molar-refractivity contribution is 7.91. The second-order valence-electron chi connectivity index (χ2n) is 10.9. The summed E-state index contributed by atoms with van der Waals surface area (Å²) in [6, 6.07) is 7.35. The zero-order valence-electron chi connectivity index (χ0n) is 25.2. The largest absolute Gasteiger partial charge is 0.390 e. The topological polar surface area (TPSA) is 142 Å². The number of aromatic nitrogens is 2. The van der Waals surface area contributed by atoms with Gasteiger partial charge < -0.3 is 21.1 Å². The molecule has 0 bridgehead atoms. The monoisotopic (exact) mass is 633 g/mol. The Morgan fingerprint density at radius 3 is 2.36 bits per heavy atom. The minimum Gasteiger partial charge on any atom is -0.390 e. The third-order valence-electron chi connectivity index (χ3n) is 7.02. The minimum atomic E-state index is -3.77. The highest BCUT2D eigenvalue weighted by atomic mass is 32.2. The Morgan fingerprint density at radius 2 is 1.73 bits per heavy atom. The molecule has 1 heterocycles. The standard InChI is InChI=1S/C31H41F2N5O5S/c1-4-6-10-44(42,43)20-28(37-31(41)38-19-21(3)16-35-38)30(40)36-27(14-24-12-25(32)15-26(33)13-24)29(39)18-34-17-23-9-7-8-22(5-2)11-23/h7-9,11-13,15-16,19,27-29,34,39H,4-6,10,14,17-18,20H2,1-3H3,(H,36,40)(H,37,41). The summed E-state index contributed by atoms with van der Waals surface area (Å²) in [6.07, 6.45) is 3.29. The summed E-state index contributed by atoms with van der Waals surface area (Å²) in [5, 5.41) is 23.3. The molecule has 0 saturated heterocycles. The van der Waals surface area contributed by atoms with E-state index in [1.807, 2.05) is 38.1 Å². The van der Waals surface area contributed by atoms with Gasteiger partial charge in [-0.1, -0.05) is 44.5 Å². The van der Waals surface area contributed by atoms with Crippen LogP contribution in [0.3, 0.4) is 0 Å². The number of rotatable bonds is 16. The number of carbonyl (C=O) groups is 2. The number of aliphatic hydroxyl groups is 1. The van der Waals surface area contributed by atoms with Gasteiger partial charge in [-0.3, -0.25) is 4.79 Å². The molecule has 3 unspecified atom stereocenters. The van der Waals surface area contributed by atoms with Crippen LogP contribution in [0.4, 0.5) is 13.6 Å². The van der Waals surface area contributed by atoms with Gasteiger partial charge in [-0.2, -0.15) is 9.78 Å². The molecule has 2 amide bonds. The van der Waals surface area contributed by atoms with Crippen LogP contribution in [0.1, 0.15) is 48.9 Å². The Morgan fingerprint density at radius 1 is 1.02 bits per heavy atom. The fourth-order valence-corrected chi connectivity index (χ4v) is 6.28. The maximum atomic E-state index is 14.0. The number of carbonyl (C=O) groups excluding carboxylic acids is 2. The van der Waals surface area contributed by atoms with Crippen LogP contribution in [-0.4, -0.2) is 71.5 Å². The predicted octanol–water partition coefficient (Wildman–Crippen LogP) is 3.05. The van der Waals surface area contributed by atoms with Gasteiger partial charge in [0.05, 0.1) is 29.8 Å². The number of nitrogens with one attached hydrogen (secondary N) is 3. The van der Waals surface area contributed by atoms with E-state index in [9.17, 15) is 31.9 Å². The van der Waals surface area contributed by atoms with Crippen molar-refractivity contribution in [3.8, 4) is 0 Å². The molecule has 4 N–H and O–H groups in total. The summed E-state index contributed by atoms with van der Waals surface area (Å²) in [5.41, 5.74) is 2.98. The molecule has 0 aliphatic rings. The zero-order chi connectivity index (χ0) is 32.3. The summed E-state index contributed by atoms with van der Waals surface area (Å²) in [4.78, 5) is 26.4. The zero-order valence-corrected chi connectivity index (χ0v) is 26.0. The van der Waals surface area contributed by atoms with Gasteiger partial charge in [0.2, 0.25) is 5.91 Å². The first-order valence-corrected chi connectivity index (χ1v) is 16.5. The lowest BCUT2D eigenvalue weighted by atomic mass is 10.00. The van der Waals surface area contributed by atoms with E-state index >= 15 is 0 Å². The van der Waals surface area contributed by atoms with E-state index in [1.165, 1.54) is 12.4 Å². The molecule has 3 rings (SSSR count). The lowest BCUT2D eigenvalue weighted by Gasteiger charge is -2.27. The summed E-state index contributed by atoms with van der Waals surface area (Å²) < 4.78 is 54.6. The Balaban J connectivity index is 1.82. The average Bonchev–Trinajstić information content (AvgIpc) is 3.41. The molecular formula is C31H41F2N5O5S. The van der Waals surface area contributed by atoms with Crippen molar-refractivity contribution in [1.82, 2.24) is 25.7 Å². The number of aliphatic hydroxyl groups excluding tert-OH is 1. The molecule has 3 aromatic rings. The lowest BCUT2D eigenvalue weighted by Crippen LogP contribution is -2.57. The number of halogens is 2. The smallest absolute Gasteiger partial charge is 0.342 e. The van der Waals surface area contributed by atoms with Crippen LogP contribution in [0.5, 0.6) is 0 Å².